The Morgan fingerprint density at radius 1 is 1.04 bits per heavy atom. The Bertz CT molecular complexity index is 794. The monoisotopic (exact) mass is 355 g/mol. The van der Waals surface area contributed by atoms with Gasteiger partial charge in [0.25, 0.3) is 0 Å². The average Bonchev–Trinajstić information content (AvgIpc) is 3.28. The van der Waals surface area contributed by atoms with Crippen LogP contribution in [0.2, 0.25) is 0 Å². The van der Waals surface area contributed by atoms with Crippen molar-refractivity contribution in [2.45, 2.75) is 37.3 Å². The lowest BCUT2D eigenvalue weighted by Gasteiger charge is -2.38. The predicted molar refractivity (Wildman–Crippen MR) is 95.3 cm³/mol. The van der Waals surface area contributed by atoms with Crippen molar-refractivity contribution < 1.29 is 18.6 Å². The molecule has 26 heavy (non-hydrogen) atoms. The number of halogens is 1. The first-order chi connectivity index (χ1) is 12.8. The van der Waals surface area contributed by atoms with Crippen LogP contribution in [-0.4, -0.2) is 25.5 Å². The molecule has 3 heterocycles. The molecular weight excluding hydrogens is 333 g/mol. The fourth-order valence-corrected chi connectivity index (χ4v) is 4.62. The summed E-state index contributed by atoms with van der Waals surface area (Å²) in [6.45, 7) is 0.896. The number of benzene rings is 2. The van der Waals surface area contributed by atoms with E-state index in [2.05, 4.69) is 5.32 Å². The molecule has 5 heteroatoms. The molecule has 2 aromatic carbocycles. The van der Waals surface area contributed by atoms with Crippen molar-refractivity contribution in [2.75, 3.05) is 13.4 Å². The standard InChI is InChI=1S/C21H22FNO3/c22-14-3-1-13(2-4-14)17-9-15-5-7-19(23-15)18(17)11-24-16-6-8-20-21(10-16)26-12-25-20/h1-4,6,8,10,15,17-19,23H,5,7,9,11-12H2/t15?,17-,18+,19?/m1/s1. The summed E-state index contributed by atoms with van der Waals surface area (Å²) in [7, 11) is 0. The second-order valence-corrected chi connectivity index (χ2v) is 7.43. The highest BCUT2D eigenvalue weighted by Crippen LogP contribution is 2.42. The Morgan fingerprint density at radius 2 is 1.88 bits per heavy atom. The van der Waals surface area contributed by atoms with Gasteiger partial charge in [-0.15, -0.1) is 0 Å². The minimum atomic E-state index is -0.182. The first-order valence-electron chi connectivity index (χ1n) is 9.30. The van der Waals surface area contributed by atoms with Crippen LogP contribution in [0.3, 0.4) is 0 Å². The number of rotatable bonds is 4. The Kier molecular flexibility index (Phi) is 3.97. The summed E-state index contributed by atoms with van der Waals surface area (Å²) in [4.78, 5) is 0. The molecule has 0 aliphatic carbocycles. The molecule has 0 aromatic heterocycles. The summed E-state index contributed by atoms with van der Waals surface area (Å²) < 4.78 is 30.3. The third-order valence-electron chi connectivity index (χ3n) is 5.93. The smallest absolute Gasteiger partial charge is 0.231 e. The molecule has 2 bridgehead atoms. The van der Waals surface area contributed by atoms with Crippen LogP contribution in [0.1, 0.15) is 30.7 Å². The molecule has 3 aliphatic rings. The van der Waals surface area contributed by atoms with Gasteiger partial charge in [-0.3, -0.25) is 0 Å². The van der Waals surface area contributed by atoms with Crippen LogP contribution in [0, 0.1) is 11.7 Å². The van der Waals surface area contributed by atoms with E-state index < -0.39 is 0 Å². The van der Waals surface area contributed by atoms with Crippen molar-refractivity contribution in [3.63, 3.8) is 0 Å². The zero-order valence-electron chi connectivity index (χ0n) is 14.5. The van der Waals surface area contributed by atoms with Crippen molar-refractivity contribution in [1.82, 2.24) is 5.32 Å². The maximum absolute atomic E-state index is 13.3. The fourth-order valence-electron chi connectivity index (χ4n) is 4.62. The summed E-state index contributed by atoms with van der Waals surface area (Å²) in [6, 6.07) is 13.7. The molecular formula is C21H22FNO3. The number of hydrogen-bond acceptors (Lipinski definition) is 4. The van der Waals surface area contributed by atoms with E-state index in [9.17, 15) is 4.39 Å². The average molecular weight is 355 g/mol. The number of nitrogens with one attached hydrogen (secondary N) is 1. The van der Waals surface area contributed by atoms with E-state index >= 15 is 0 Å². The van der Waals surface area contributed by atoms with Crippen LogP contribution in [0.4, 0.5) is 4.39 Å². The van der Waals surface area contributed by atoms with Crippen LogP contribution >= 0.6 is 0 Å². The quantitative estimate of drug-likeness (QED) is 0.904. The SMILES string of the molecule is Fc1ccc([C@H]2CC3CCC(N3)[C@H]2COc2ccc3c(c2)OCO3)cc1. The first kappa shape index (κ1) is 15.9. The summed E-state index contributed by atoms with van der Waals surface area (Å²) >= 11 is 0. The summed E-state index contributed by atoms with van der Waals surface area (Å²) in [5, 5.41) is 3.73. The van der Waals surface area contributed by atoms with Gasteiger partial charge in [0.1, 0.15) is 11.6 Å². The van der Waals surface area contributed by atoms with Crippen LogP contribution in [-0.2, 0) is 0 Å². The zero-order chi connectivity index (χ0) is 17.5. The van der Waals surface area contributed by atoms with Gasteiger partial charge in [-0.25, -0.2) is 4.39 Å². The lowest BCUT2D eigenvalue weighted by atomic mass is 9.77. The predicted octanol–water partition coefficient (Wildman–Crippen LogP) is 3.86. The largest absolute Gasteiger partial charge is 0.493 e. The van der Waals surface area contributed by atoms with Gasteiger partial charge in [-0.1, -0.05) is 12.1 Å². The highest BCUT2D eigenvalue weighted by atomic mass is 19.1. The lowest BCUT2D eigenvalue weighted by Crippen LogP contribution is -2.46. The van der Waals surface area contributed by atoms with Crippen molar-refractivity contribution >= 4 is 0 Å². The van der Waals surface area contributed by atoms with E-state index in [1.54, 1.807) is 12.1 Å². The van der Waals surface area contributed by atoms with Crippen LogP contribution < -0.4 is 19.5 Å². The topological polar surface area (TPSA) is 39.7 Å². The zero-order valence-corrected chi connectivity index (χ0v) is 14.5. The third-order valence-corrected chi connectivity index (χ3v) is 5.93. The van der Waals surface area contributed by atoms with Gasteiger partial charge >= 0.3 is 0 Å². The van der Waals surface area contributed by atoms with Crippen LogP contribution in [0.25, 0.3) is 0 Å². The number of fused-ring (bicyclic) bond motifs is 3. The molecule has 4 nitrogen and oxygen atoms in total. The number of hydrogen-bond donors (Lipinski definition) is 1. The Hall–Kier alpha value is -2.27. The highest BCUT2D eigenvalue weighted by molar-refractivity contribution is 5.46. The van der Waals surface area contributed by atoms with E-state index in [4.69, 9.17) is 14.2 Å². The molecule has 1 N–H and O–H groups in total. The lowest BCUT2D eigenvalue weighted by molar-refractivity contribution is 0.158. The van der Waals surface area contributed by atoms with E-state index in [1.807, 2.05) is 30.3 Å². The molecule has 0 saturated carbocycles. The van der Waals surface area contributed by atoms with Gasteiger partial charge in [0.05, 0.1) is 6.61 Å². The van der Waals surface area contributed by atoms with E-state index in [1.165, 1.54) is 18.4 Å². The second kappa shape index (κ2) is 6.47. The van der Waals surface area contributed by atoms with Crippen LogP contribution in [0.5, 0.6) is 17.2 Å². The highest BCUT2D eigenvalue weighted by Gasteiger charge is 2.42. The molecule has 0 amide bonds. The molecule has 2 aromatic rings. The van der Waals surface area contributed by atoms with Crippen LogP contribution in [0.15, 0.2) is 42.5 Å². The Morgan fingerprint density at radius 3 is 2.77 bits per heavy atom. The van der Waals surface area contributed by atoms with Gasteiger partial charge in [-0.05, 0) is 55.0 Å². The maximum Gasteiger partial charge on any atom is 0.231 e. The van der Waals surface area contributed by atoms with Crippen molar-refractivity contribution in [1.29, 1.82) is 0 Å². The summed E-state index contributed by atoms with van der Waals surface area (Å²) in [6.07, 6.45) is 3.47. The molecule has 2 fully saturated rings. The molecule has 136 valence electrons. The van der Waals surface area contributed by atoms with Crippen molar-refractivity contribution in [3.8, 4) is 17.2 Å². The summed E-state index contributed by atoms with van der Waals surface area (Å²) in [5.41, 5.74) is 1.21. The Labute approximate surface area is 152 Å². The number of ether oxygens (including phenoxy) is 3. The first-order valence-corrected chi connectivity index (χ1v) is 9.30. The van der Waals surface area contributed by atoms with E-state index in [0.29, 0.717) is 30.5 Å². The van der Waals surface area contributed by atoms with E-state index in [-0.39, 0.29) is 12.6 Å². The van der Waals surface area contributed by atoms with Gasteiger partial charge in [0, 0.05) is 24.1 Å². The van der Waals surface area contributed by atoms with Gasteiger partial charge in [0.2, 0.25) is 6.79 Å². The Balaban J connectivity index is 1.35. The van der Waals surface area contributed by atoms with Crippen molar-refractivity contribution in [2.24, 2.45) is 5.92 Å². The molecule has 0 spiro atoms. The molecule has 2 saturated heterocycles. The van der Waals surface area contributed by atoms with E-state index in [0.717, 1.165) is 23.7 Å². The summed E-state index contributed by atoms with van der Waals surface area (Å²) in [5.74, 6) is 2.87. The molecule has 3 aliphatic heterocycles. The molecule has 2 unspecified atom stereocenters. The minimum Gasteiger partial charge on any atom is -0.493 e. The molecule has 0 radical (unpaired) electrons. The fraction of sp³-hybridized carbons (Fsp3) is 0.429. The van der Waals surface area contributed by atoms with Gasteiger partial charge in [-0.2, -0.15) is 0 Å². The third kappa shape index (κ3) is 2.90. The van der Waals surface area contributed by atoms with Crippen molar-refractivity contribution in [3.05, 3.63) is 53.8 Å². The minimum absolute atomic E-state index is 0.182. The molecule has 4 atom stereocenters. The second-order valence-electron chi connectivity index (χ2n) is 7.43. The molecule has 5 rings (SSSR count). The van der Waals surface area contributed by atoms with Gasteiger partial charge < -0.3 is 19.5 Å². The normalized spacial score (nSPS) is 29.0. The van der Waals surface area contributed by atoms with Gasteiger partial charge in [0.15, 0.2) is 11.5 Å². The number of piperidine rings is 1. The maximum atomic E-state index is 13.3.